The van der Waals surface area contributed by atoms with Gasteiger partial charge in [0.25, 0.3) is 0 Å². The van der Waals surface area contributed by atoms with E-state index in [1.807, 2.05) is 0 Å². The molecule has 0 bridgehead atoms. The Labute approximate surface area is 119 Å². The smallest absolute Gasteiger partial charge is 0.347 e. The average Bonchev–Trinajstić information content (AvgIpc) is 2.93. The number of carboxylic acid groups (broad SMARTS) is 1. The monoisotopic (exact) mass is 315 g/mol. The van der Waals surface area contributed by atoms with Crippen LogP contribution in [0.2, 0.25) is 0 Å². The average molecular weight is 315 g/mol. The van der Waals surface area contributed by atoms with Crippen molar-refractivity contribution in [3.8, 4) is 0 Å². The topological polar surface area (TPSA) is 101 Å². The van der Waals surface area contributed by atoms with Crippen LogP contribution in [0.4, 0.5) is 0 Å². The van der Waals surface area contributed by atoms with Crippen LogP contribution in [0.1, 0.15) is 20.8 Å². The van der Waals surface area contributed by atoms with Crippen LogP contribution < -0.4 is 4.72 Å². The predicted octanol–water partition coefficient (Wildman–Crippen LogP) is 0.967. The van der Waals surface area contributed by atoms with Crippen molar-refractivity contribution in [3.05, 3.63) is 33.8 Å². The van der Waals surface area contributed by atoms with Gasteiger partial charge in [-0.3, -0.25) is 4.68 Å². The molecule has 20 heavy (non-hydrogen) atoms. The summed E-state index contributed by atoms with van der Waals surface area (Å²) in [5.41, 5.74) is 1.12. The molecule has 0 aliphatic carbocycles. The zero-order valence-electron chi connectivity index (χ0n) is 10.8. The number of hydrogen-bond acceptors (Lipinski definition) is 5. The minimum absolute atomic E-state index is 0.0600. The maximum absolute atomic E-state index is 12.2. The van der Waals surface area contributed by atoms with Gasteiger partial charge in [-0.1, -0.05) is 0 Å². The van der Waals surface area contributed by atoms with Gasteiger partial charge in [0, 0.05) is 25.4 Å². The number of carboxylic acids is 1. The molecule has 0 spiro atoms. The Balaban J connectivity index is 2.27. The Morgan fingerprint density at radius 1 is 1.55 bits per heavy atom. The van der Waals surface area contributed by atoms with Crippen LogP contribution in [0.25, 0.3) is 0 Å². The van der Waals surface area contributed by atoms with E-state index in [4.69, 9.17) is 5.11 Å². The lowest BCUT2D eigenvalue weighted by Crippen LogP contribution is -2.24. The van der Waals surface area contributed by atoms with Crippen LogP contribution >= 0.6 is 11.3 Å². The molecule has 0 aliphatic heterocycles. The molecule has 0 unspecified atom stereocenters. The normalized spacial score (nSPS) is 11.7. The minimum Gasteiger partial charge on any atom is -0.477 e. The third-order valence-electron chi connectivity index (χ3n) is 2.61. The molecule has 0 amide bonds. The fraction of sp³-hybridized carbons (Fsp3) is 0.273. The Morgan fingerprint density at radius 2 is 2.25 bits per heavy atom. The molecule has 108 valence electrons. The predicted molar refractivity (Wildman–Crippen MR) is 73.2 cm³/mol. The molecule has 2 N–H and O–H groups in total. The third-order valence-corrected chi connectivity index (χ3v) is 5.41. The van der Waals surface area contributed by atoms with Crippen molar-refractivity contribution >= 4 is 27.3 Å². The number of nitrogens with one attached hydrogen (secondary N) is 1. The highest BCUT2D eigenvalue weighted by Crippen LogP contribution is 2.26. The highest BCUT2D eigenvalue weighted by Gasteiger charge is 2.26. The van der Waals surface area contributed by atoms with Gasteiger partial charge in [0.2, 0.25) is 10.0 Å². The van der Waals surface area contributed by atoms with Crippen LogP contribution in [0, 0.1) is 6.92 Å². The quantitative estimate of drug-likeness (QED) is 0.856. The second kappa shape index (κ2) is 5.35. The van der Waals surface area contributed by atoms with E-state index >= 15 is 0 Å². The fourth-order valence-corrected chi connectivity index (χ4v) is 4.37. The van der Waals surface area contributed by atoms with E-state index in [1.54, 1.807) is 31.0 Å². The Bertz CT molecular complexity index is 746. The summed E-state index contributed by atoms with van der Waals surface area (Å²) in [4.78, 5) is 10.7. The molecule has 0 aromatic carbocycles. The van der Waals surface area contributed by atoms with E-state index in [0.717, 1.165) is 11.3 Å². The molecule has 9 heteroatoms. The van der Waals surface area contributed by atoms with Gasteiger partial charge in [-0.15, -0.1) is 11.3 Å². The first-order valence-electron chi connectivity index (χ1n) is 5.60. The summed E-state index contributed by atoms with van der Waals surface area (Å²) in [7, 11) is -2.14. The van der Waals surface area contributed by atoms with Crippen LogP contribution in [-0.4, -0.2) is 29.3 Å². The molecule has 2 aromatic rings. The zero-order valence-corrected chi connectivity index (χ0v) is 12.5. The summed E-state index contributed by atoms with van der Waals surface area (Å²) in [6.07, 6.45) is 3.22. The van der Waals surface area contributed by atoms with Crippen molar-refractivity contribution in [2.24, 2.45) is 7.05 Å². The molecule has 7 nitrogen and oxygen atoms in total. The lowest BCUT2D eigenvalue weighted by atomic mass is 10.3. The second-order valence-corrected chi connectivity index (χ2v) is 6.81. The van der Waals surface area contributed by atoms with E-state index in [2.05, 4.69) is 9.82 Å². The minimum atomic E-state index is -3.87. The van der Waals surface area contributed by atoms with Gasteiger partial charge in [-0.2, -0.15) is 5.10 Å². The van der Waals surface area contributed by atoms with Gasteiger partial charge in [0.15, 0.2) is 0 Å². The van der Waals surface area contributed by atoms with E-state index in [0.29, 0.717) is 11.1 Å². The number of aryl methyl sites for hydroxylation is 2. The number of nitrogens with zero attached hydrogens (tertiary/aromatic N) is 2. The summed E-state index contributed by atoms with van der Waals surface area (Å²) < 4.78 is 28.4. The molecular formula is C11H13N3O4S2. The van der Waals surface area contributed by atoms with E-state index in [-0.39, 0.29) is 16.3 Å². The largest absolute Gasteiger partial charge is 0.477 e. The Kier molecular flexibility index (Phi) is 3.93. The number of hydrogen-bond donors (Lipinski definition) is 2. The summed E-state index contributed by atoms with van der Waals surface area (Å²) in [5, 5.41) is 14.5. The number of aromatic nitrogens is 2. The number of rotatable bonds is 5. The first-order chi connectivity index (χ1) is 9.31. The molecule has 0 atom stereocenters. The standard InChI is InChI=1S/C11H13N3O4S2/c1-7-6-19-9(11(15)16)10(7)20(17,18)13-4-8-3-12-14(2)5-8/h3,5-6,13H,4H2,1-2H3,(H,15,16). The van der Waals surface area contributed by atoms with Crippen LogP contribution in [0.3, 0.4) is 0 Å². The molecule has 2 heterocycles. The van der Waals surface area contributed by atoms with E-state index in [9.17, 15) is 13.2 Å². The fourth-order valence-electron chi connectivity index (χ4n) is 1.73. The molecule has 0 saturated carbocycles. The van der Waals surface area contributed by atoms with E-state index < -0.39 is 16.0 Å². The van der Waals surface area contributed by atoms with Gasteiger partial charge in [-0.05, 0) is 17.9 Å². The summed E-state index contributed by atoms with van der Waals surface area (Å²) in [6.45, 7) is 1.63. The second-order valence-electron chi connectivity index (χ2n) is 4.23. The maximum Gasteiger partial charge on any atom is 0.347 e. The number of thiophene rings is 1. The molecule has 0 saturated heterocycles. The molecule has 2 rings (SSSR count). The maximum atomic E-state index is 12.2. The van der Waals surface area contributed by atoms with E-state index in [1.165, 1.54) is 5.38 Å². The zero-order chi connectivity index (χ0) is 14.9. The first kappa shape index (κ1) is 14.7. The SMILES string of the molecule is Cc1csc(C(=O)O)c1S(=O)(=O)NCc1cnn(C)c1. The van der Waals surface area contributed by atoms with Gasteiger partial charge < -0.3 is 5.11 Å². The van der Waals surface area contributed by atoms with Crippen molar-refractivity contribution in [1.82, 2.24) is 14.5 Å². The van der Waals surface area contributed by atoms with Crippen LogP contribution in [0.15, 0.2) is 22.7 Å². The first-order valence-corrected chi connectivity index (χ1v) is 7.96. The molecular weight excluding hydrogens is 302 g/mol. The number of sulfonamides is 1. The van der Waals surface area contributed by atoms with Gasteiger partial charge in [-0.25, -0.2) is 17.9 Å². The van der Waals surface area contributed by atoms with Crippen LogP contribution in [-0.2, 0) is 23.6 Å². The lowest BCUT2D eigenvalue weighted by Gasteiger charge is -2.06. The molecule has 0 fully saturated rings. The number of carbonyl (C=O) groups is 1. The Hall–Kier alpha value is -1.71. The van der Waals surface area contributed by atoms with Crippen molar-refractivity contribution in [2.45, 2.75) is 18.4 Å². The molecule has 0 radical (unpaired) electrons. The summed E-state index contributed by atoms with van der Waals surface area (Å²) in [6, 6.07) is 0. The van der Waals surface area contributed by atoms with Crippen molar-refractivity contribution in [3.63, 3.8) is 0 Å². The lowest BCUT2D eigenvalue weighted by molar-refractivity contribution is 0.0698. The van der Waals surface area contributed by atoms with Gasteiger partial charge in [0.1, 0.15) is 9.77 Å². The summed E-state index contributed by atoms with van der Waals surface area (Å²) in [5.74, 6) is -1.25. The Morgan fingerprint density at radius 3 is 2.80 bits per heavy atom. The van der Waals surface area contributed by atoms with Gasteiger partial charge in [0.05, 0.1) is 6.20 Å². The van der Waals surface area contributed by atoms with Gasteiger partial charge >= 0.3 is 5.97 Å². The number of aromatic carboxylic acids is 1. The summed E-state index contributed by atoms with van der Waals surface area (Å²) >= 11 is 0.902. The van der Waals surface area contributed by atoms with Crippen molar-refractivity contribution < 1.29 is 18.3 Å². The van der Waals surface area contributed by atoms with Crippen molar-refractivity contribution in [2.75, 3.05) is 0 Å². The molecule has 0 aliphatic rings. The highest BCUT2D eigenvalue weighted by atomic mass is 32.2. The third kappa shape index (κ3) is 2.89. The van der Waals surface area contributed by atoms with Crippen LogP contribution in [0.5, 0.6) is 0 Å². The highest BCUT2D eigenvalue weighted by molar-refractivity contribution is 7.89. The van der Waals surface area contributed by atoms with Crippen molar-refractivity contribution in [1.29, 1.82) is 0 Å². The molecule has 2 aromatic heterocycles.